The molecule has 4 nitrogen and oxygen atoms in total. The summed E-state index contributed by atoms with van der Waals surface area (Å²) in [4.78, 5) is 11.1. The molecule has 0 aromatic carbocycles. The molecule has 0 fully saturated rings. The van der Waals surface area contributed by atoms with Gasteiger partial charge in [0.2, 0.25) is 0 Å². The highest BCUT2D eigenvalue weighted by molar-refractivity contribution is 7.39. The molecule has 0 aliphatic carbocycles. The van der Waals surface area contributed by atoms with Gasteiger partial charge in [-0.1, -0.05) is 13.8 Å². The van der Waals surface area contributed by atoms with E-state index in [0.29, 0.717) is 13.0 Å². The van der Waals surface area contributed by atoms with E-state index in [-0.39, 0.29) is 12.3 Å². The zero-order valence-corrected chi connectivity index (χ0v) is 9.17. The molecule has 2 unspecified atom stereocenters. The fourth-order valence-corrected chi connectivity index (χ4v) is 1.31. The zero-order chi connectivity index (χ0) is 10.3. The molecule has 0 aliphatic heterocycles. The number of hydrogen-bond acceptors (Lipinski definition) is 4. The van der Waals surface area contributed by atoms with Gasteiger partial charge in [0.25, 0.3) is 6.35 Å². The van der Waals surface area contributed by atoms with Crippen LogP contribution in [0.2, 0.25) is 0 Å². The van der Waals surface area contributed by atoms with Crippen LogP contribution in [0.3, 0.4) is 0 Å². The van der Waals surface area contributed by atoms with E-state index in [0.717, 1.165) is 0 Å². The monoisotopic (exact) mass is 207 g/mol. The first kappa shape index (κ1) is 12.5. The summed E-state index contributed by atoms with van der Waals surface area (Å²) in [6.45, 7) is 5.88. The van der Waals surface area contributed by atoms with Gasteiger partial charge in [0.15, 0.2) is 0 Å². The molecule has 5 heteroatoms. The second-order valence-corrected chi connectivity index (χ2v) is 3.78. The van der Waals surface area contributed by atoms with Crippen LogP contribution in [0, 0.1) is 5.92 Å². The molecular weight excluding hydrogens is 191 g/mol. The Morgan fingerprint density at radius 1 is 1.46 bits per heavy atom. The largest absolute Gasteiger partial charge is 0.588 e. The van der Waals surface area contributed by atoms with E-state index < -0.39 is 14.0 Å². The fourth-order valence-electron chi connectivity index (χ4n) is 0.549. The van der Waals surface area contributed by atoms with E-state index >= 15 is 0 Å². The minimum Gasteiger partial charge on any atom is -0.335 e. The van der Waals surface area contributed by atoms with E-state index in [1.54, 1.807) is 13.8 Å². The van der Waals surface area contributed by atoms with Crippen LogP contribution in [0.1, 0.15) is 27.2 Å². The maximum absolute atomic E-state index is 11.1. The Morgan fingerprint density at radius 3 is 2.54 bits per heavy atom. The summed E-state index contributed by atoms with van der Waals surface area (Å²) in [5, 5.41) is 0. The molecule has 0 amide bonds. The van der Waals surface area contributed by atoms with Gasteiger partial charge in [0, 0.05) is 6.61 Å². The Kier molecular flexibility index (Phi) is 6.73. The predicted octanol–water partition coefficient (Wildman–Crippen LogP) is 2.31. The Hall–Kier alpha value is -0.470. The summed E-state index contributed by atoms with van der Waals surface area (Å²) >= 11 is 0. The predicted molar refractivity (Wildman–Crippen MR) is 49.6 cm³/mol. The second kappa shape index (κ2) is 6.98. The lowest BCUT2D eigenvalue weighted by Crippen LogP contribution is -2.10. The first-order chi connectivity index (χ1) is 6.11. The van der Waals surface area contributed by atoms with Gasteiger partial charge in [-0.3, -0.25) is 0 Å². The van der Waals surface area contributed by atoms with Crippen LogP contribution < -0.4 is 0 Å². The minimum atomic E-state index is -1.99. The highest BCUT2D eigenvalue weighted by atomic mass is 31.1. The molecule has 0 aliphatic rings. The lowest BCUT2D eigenvalue weighted by atomic mass is 10.1. The van der Waals surface area contributed by atoms with Crippen molar-refractivity contribution >= 4 is 14.0 Å². The topological polar surface area (TPSA) is 52.6 Å². The van der Waals surface area contributed by atoms with Crippen molar-refractivity contribution in [2.24, 2.45) is 5.92 Å². The van der Waals surface area contributed by atoms with E-state index in [1.165, 1.54) is 0 Å². The summed E-state index contributed by atoms with van der Waals surface area (Å²) in [5.41, 5.74) is 0. The highest BCUT2D eigenvalue weighted by Gasteiger charge is 2.26. The van der Waals surface area contributed by atoms with Gasteiger partial charge < -0.3 is 4.74 Å². The van der Waals surface area contributed by atoms with Crippen LogP contribution in [-0.2, 0) is 18.6 Å². The Balaban J connectivity index is 3.71. The molecule has 0 N–H and O–H groups in total. The van der Waals surface area contributed by atoms with Crippen molar-refractivity contribution in [2.75, 3.05) is 13.0 Å². The van der Waals surface area contributed by atoms with Crippen molar-refractivity contribution < 1.29 is 18.6 Å². The molecule has 0 heterocycles. The lowest BCUT2D eigenvalue weighted by molar-refractivity contribution is -0.138. The molecule has 0 aromatic rings. The molecule has 76 valence electrons. The van der Waals surface area contributed by atoms with Gasteiger partial charge >= 0.3 is 14.0 Å². The zero-order valence-electron chi connectivity index (χ0n) is 8.28. The van der Waals surface area contributed by atoms with Crippen LogP contribution in [0.5, 0.6) is 0 Å². The molecule has 0 radical (unpaired) electrons. The van der Waals surface area contributed by atoms with Crippen molar-refractivity contribution in [3.63, 3.8) is 0 Å². The molecule has 0 bridgehead atoms. The van der Waals surface area contributed by atoms with Crippen LogP contribution in [0.15, 0.2) is 0 Å². The first-order valence-electron chi connectivity index (χ1n) is 4.36. The van der Waals surface area contributed by atoms with Crippen molar-refractivity contribution in [2.45, 2.75) is 27.2 Å². The molecule has 0 saturated carbocycles. The third kappa shape index (κ3) is 5.72. The van der Waals surface area contributed by atoms with E-state index in [4.69, 9.17) is 4.74 Å². The van der Waals surface area contributed by atoms with Crippen molar-refractivity contribution in [3.05, 3.63) is 0 Å². The van der Waals surface area contributed by atoms with Crippen LogP contribution in [0.25, 0.3) is 0 Å². The molecule has 2 atom stereocenters. The van der Waals surface area contributed by atoms with Crippen LogP contribution >= 0.6 is 8.03 Å². The summed E-state index contributed by atoms with van der Waals surface area (Å²) in [5.74, 6) is -0.608. The van der Waals surface area contributed by atoms with Crippen molar-refractivity contribution in [3.8, 4) is 0 Å². The van der Waals surface area contributed by atoms with Crippen LogP contribution in [-0.4, -0.2) is 18.9 Å². The Bertz CT molecular complexity index is 181. The van der Waals surface area contributed by atoms with Crippen molar-refractivity contribution in [1.82, 2.24) is 0 Å². The molecule has 0 spiro atoms. The number of ether oxygens (including phenoxy) is 1. The lowest BCUT2D eigenvalue weighted by Gasteiger charge is -1.99. The quantitative estimate of drug-likeness (QED) is 0.627. The van der Waals surface area contributed by atoms with E-state index in [9.17, 15) is 9.36 Å². The maximum atomic E-state index is 11.1. The van der Waals surface area contributed by atoms with Gasteiger partial charge in [-0.05, 0) is 17.9 Å². The number of carbonyl (C=O) groups is 1. The van der Waals surface area contributed by atoms with Gasteiger partial charge in [0.1, 0.15) is 0 Å². The van der Waals surface area contributed by atoms with Gasteiger partial charge in [-0.15, -0.1) is 0 Å². The Morgan fingerprint density at radius 2 is 2.08 bits per heavy atom. The molecular formula is C8H16O4P+. The highest BCUT2D eigenvalue weighted by Crippen LogP contribution is 2.24. The summed E-state index contributed by atoms with van der Waals surface area (Å²) in [7, 11) is -1.99. The fraction of sp³-hybridized carbons (Fsp3) is 0.875. The molecule has 13 heavy (non-hydrogen) atoms. The summed E-state index contributed by atoms with van der Waals surface area (Å²) < 4.78 is 20.5. The Labute approximate surface area is 79.5 Å². The van der Waals surface area contributed by atoms with E-state index in [2.05, 4.69) is 4.52 Å². The SMILES string of the molecule is CCOC[P+](=O)OC(=O)C(C)CC. The normalized spacial score (nSPS) is 13.6. The molecule has 0 rings (SSSR count). The van der Waals surface area contributed by atoms with Crippen molar-refractivity contribution in [1.29, 1.82) is 0 Å². The van der Waals surface area contributed by atoms with E-state index in [1.807, 2.05) is 6.92 Å². The number of hydrogen-bond donors (Lipinski definition) is 0. The van der Waals surface area contributed by atoms with Gasteiger partial charge in [-0.2, -0.15) is 0 Å². The maximum Gasteiger partial charge on any atom is 0.588 e. The average molecular weight is 207 g/mol. The van der Waals surface area contributed by atoms with Crippen LogP contribution in [0.4, 0.5) is 0 Å². The number of rotatable bonds is 6. The molecule has 0 saturated heterocycles. The second-order valence-electron chi connectivity index (χ2n) is 2.67. The van der Waals surface area contributed by atoms with Gasteiger partial charge in [-0.25, -0.2) is 9.32 Å². The minimum absolute atomic E-state index is 0.00594. The summed E-state index contributed by atoms with van der Waals surface area (Å²) in [6.07, 6.45) is 0.685. The number of carbonyl (C=O) groups excluding carboxylic acids is 1. The molecule has 0 aromatic heterocycles. The summed E-state index contributed by atoms with van der Waals surface area (Å²) in [6, 6.07) is 0. The smallest absolute Gasteiger partial charge is 0.335 e. The van der Waals surface area contributed by atoms with Gasteiger partial charge in [0.05, 0.1) is 5.92 Å². The first-order valence-corrected chi connectivity index (χ1v) is 5.72. The third-order valence-corrected chi connectivity index (χ3v) is 2.38. The average Bonchev–Trinajstić information content (AvgIpc) is 2.13. The standard InChI is InChI=1S/C8H16O4P/c1-4-7(3)8(9)12-13(10)6-11-5-2/h7H,4-6H2,1-3H3/q+1. The third-order valence-electron chi connectivity index (χ3n) is 1.61.